The monoisotopic (exact) mass is 482 g/mol. The average molecular weight is 483 g/mol. The minimum absolute atomic E-state index is 0.000621. The second-order valence-corrected chi connectivity index (χ2v) is 11.6. The van der Waals surface area contributed by atoms with Gasteiger partial charge >= 0.3 is 0 Å². The highest BCUT2D eigenvalue weighted by Crippen LogP contribution is 2.41. The molecule has 1 amide bonds. The van der Waals surface area contributed by atoms with E-state index in [1.165, 1.54) is 33.8 Å². The van der Waals surface area contributed by atoms with Crippen LogP contribution in [0.2, 0.25) is 0 Å². The van der Waals surface area contributed by atoms with Crippen LogP contribution >= 0.6 is 11.3 Å². The number of benzene rings is 2. The SMILES string of the molecule is CN(c1ccc(OCC(=O)N(C2CC2)C2CCc3ccccc32)cc1)S(=O)(=O)c1cccs1. The Morgan fingerprint density at radius 3 is 2.48 bits per heavy atom. The van der Waals surface area contributed by atoms with E-state index in [0.717, 1.165) is 25.7 Å². The minimum Gasteiger partial charge on any atom is -0.484 e. The summed E-state index contributed by atoms with van der Waals surface area (Å²) in [6, 6.07) is 18.9. The van der Waals surface area contributed by atoms with Crippen molar-refractivity contribution in [2.24, 2.45) is 0 Å². The standard InChI is InChI=1S/C25H26N2O4S2/c1-26(33(29,30)25-7-4-16-32-25)19-11-13-21(14-12-19)31-17-24(28)27(20-9-10-20)23-15-8-18-5-2-3-6-22(18)23/h2-7,11-14,16,20,23H,8-10,15,17H2,1H3. The summed E-state index contributed by atoms with van der Waals surface area (Å²) in [4.78, 5) is 15.2. The molecule has 0 saturated heterocycles. The number of hydrogen-bond donors (Lipinski definition) is 0. The molecule has 2 aliphatic carbocycles. The van der Waals surface area contributed by atoms with Crippen LogP contribution in [0.25, 0.3) is 0 Å². The smallest absolute Gasteiger partial charge is 0.273 e. The molecular formula is C25H26N2O4S2. The maximum Gasteiger partial charge on any atom is 0.273 e. The minimum atomic E-state index is -3.58. The van der Waals surface area contributed by atoms with E-state index in [1.54, 1.807) is 41.8 Å². The van der Waals surface area contributed by atoms with Crippen LogP contribution in [0, 0.1) is 0 Å². The first-order valence-corrected chi connectivity index (χ1v) is 13.4. The van der Waals surface area contributed by atoms with Crippen molar-refractivity contribution in [3.05, 3.63) is 77.2 Å². The molecule has 0 bridgehead atoms. The number of carbonyl (C=O) groups excluding carboxylic acids is 1. The van der Waals surface area contributed by atoms with Gasteiger partial charge in [-0.25, -0.2) is 8.42 Å². The number of hydrogen-bond acceptors (Lipinski definition) is 5. The average Bonchev–Trinajstić information content (AvgIpc) is 3.32. The first-order chi connectivity index (χ1) is 15.9. The maximum absolute atomic E-state index is 13.1. The molecule has 0 N–H and O–H groups in total. The third-order valence-electron chi connectivity index (χ3n) is 6.34. The van der Waals surface area contributed by atoms with E-state index in [4.69, 9.17) is 4.74 Å². The molecule has 3 aromatic rings. The maximum atomic E-state index is 13.1. The Bertz CT molecular complexity index is 1240. The number of aryl methyl sites for hydroxylation is 1. The van der Waals surface area contributed by atoms with Gasteiger partial charge in [0.25, 0.3) is 15.9 Å². The van der Waals surface area contributed by atoms with Crippen molar-refractivity contribution >= 4 is 33.0 Å². The topological polar surface area (TPSA) is 66.9 Å². The lowest BCUT2D eigenvalue weighted by Gasteiger charge is -2.30. The van der Waals surface area contributed by atoms with Gasteiger partial charge in [0.2, 0.25) is 0 Å². The highest BCUT2D eigenvalue weighted by Gasteiger charge is 2.40. The molecule has 0 radical (unpaired) electrons. The van der Waals surface area contributed by atoms with Gasteiger partial charge in [0.05, 0.1) is 11.7 Å². The Morgan fingerprint density at radius 1 is 1.03 bits per heavy atom. The summed E-state index contributed by atoms with van der Waals surface area (Å²) in [5, 5.41) is 1.74. The predicted octanol–water partition coefficient (Wildman–Crippen LogP) is 4.63. The molecule has 0 spiro atoms. The van der Waals surface area contributed by atoms with Crippen LogP contribution in [0.5, 0.6) is 5.75 Å². The highest BCUT2D eigenvalue weighted by atomic mass is 32.2. The lowest BCUT2D eigenvalue weighted by Crippen LogP contribution is -2.39. The quantitative estimate of drug-likeness (QED) is 0.470. The molecule has 1 fully saturated rings. The van der Waals surface area contributed by atoms with Crippen LogP contribution in [0.3, 0.4) is 0 Å². The summed E-state index contributed by atoms with van der Waals surface area (Å²) in [5.41, 5.74) is 3.13. The summed E-state index contributed by atoms with van der Waals surface area (Å²) in [5.74, 6) is 0.539. The number of sulfonamides is 1. The van der Waals surface area contributed by atoms with Crippen LogP contribution in [0.15, 0.2) is 70.3 Å². The third-order valence-corrected chi connectivity index (χ3v) is 9.50. The fourth-order valence-corrected chi connectivity index (χ4v) is 6.82. The fourth-order valence-electron chi connectivity index (χ4n) is 4.46. The molecule has 1 aromatic heterocycles. The molecule has 33 heavy (non-hydrogen) atoms. The molecule has 1 saturated carbocycles. The van der Waals surface area contributed by atoms with Crippen molar-refractivity contribution in [2.75, 3.05) is 18.0 Å². The first kappa shape index (κ1) is 22.0. The van der Waals surface area contributed by atoms with E-state index >= 15 is 0 Å². The number of anilines is 1. The van der Waals surface area contributed by atoms with Crippen molar-refractivity contribution in [1.29, 1.82) is 0 Å². The van der Waals surface area contributed by atoms with Crippen LogP contribution in [0.1, 0.15) is 36.4 Å². The first-order valence-electron chi connectivity index (χ1n) is 11.1. The zero-order chi connectivity index (χ0) is 23.0. The van der Waals surface area contributed by atoms with Crippen LogP contribution < -0.4 is 9.04 Å². The number of amides is 1. The molecular weight excluding hydrogens is 456 g/mol. The normalized spacial score (nSPS) is 17.4. The zero-order valence-electron chi connectivity index (χ0n) is 18.4. The number of nitrogens with zero attached hydrogens (tertiary/aromatic N) is 2. The molecule has 1 unspecified atom stereocenters. The fraction of sp³-hybridized carbons (Fsp3) is 0.320. The summed E-state index contributed by atoms with van der Waals surface area (Å²) in [6.45, 7) is -0.0299. The molecule has 8 heteroatoms. The number of thiophene rings is 1. The number of rotatable bonds is 8. The van der Waals surface area contributed by atoms with Gasteiger partial charge < -0.3 is 9.64 Å². The summed E-state index contributed by atoms with van der Waals surface area (Å²) in [7, 11) is -2.06. The van der Waals surface area contributed by atoms with Crippen molar-refractivity contribution < 1.29 is 17.9 Å². The lowest BCUT2D eigenvalue weighted by atomic mass is 10.1. The second kappa shape index (κ2) is 8.83. The number of carbonyl (C=O) groups is 1. The molecule has 5 rings (SSSR count). The van der Waals surface area contributed by atoms with Gasteiger partial charge in [0.15, 0.2) is 6.61 Å². The van der Waals surface area contributed by atoms with Crippen molar-refractivity contribution in [3.8, 4) is 5.75 Å². The van der Waals surface area contributed by atoms with E-state index in [1.807, 2.05) is 11.0 Å². The zero-order valence-corrected chi connectivity index (χ0v) is 20.0. The number of ether oxygens (including phenoxy) is 1. The Balaban J connectivity index is 1.24. The molecule has 1 atom stereocenters. The van der Waals surface area contributed by atoms with Gasteiger partial charge in [-0.2, -0.15) is 0 Å². The molecule has 6 nitrogen and oxygen atoms in total. The molecule has 0 aliphatic heterocycles. The van der Waals surface area contributed by atoms with Crippen LogP contribution in [-0.2, 0) is 21.2 Å². The summed E-state index contributed by atoms with van der Waals surface area (Å²) >= 11 is 1.19. The summed E-state index contributed by atoms with van der Waals surface area (Å²) < 4.78 is 32.8. The van der Waals surface area contributed by atoms with Crippen molar-refractivity contribution in [1.82, 2.24) is 4.90 Å². The van der Waals surface area contributed by atoms with Crippen molar-refractivity contribution in [2.45, 2.75) is 42.0 Å². The molecule has 172 valence electrons. The Hall–Kier alpha value is -2.84. The molecule has 2 aromatic carbocycles. The predicted molar refractivity (Wildman–Crippen MR) is 129 cm³/mol. The van der Waals surface area contributed by atoms with E-state index < -0.39 is 10.0 Å². The van der Waals surface area contributed by atoms with Crippen molar-refractivity contribution in [3.63, 3.8) is 0 Å². The van der Waals surface area contributed by atoms with Gasteiger partial charge in [0.1, 0.15) is 9.96 Å². The highest BCUT2D eigenvalue weighted by molar-refractivity contribution is 7.94. The van der Waals surface area contributed by atoms with Crippen LogP contribution in [-0.4, -0.2) is 38.9 Å². The number of fused-ring (bicyclic) bond motifs is 1. The van der Waals surface area contributed by atoms with E-state index in [9.17, 15) is 13.2 Å². The third kappa shape index (κ3) is 4.37. The second-order valence-electron chi connectivity index (χ2n) is 8.47. The van der Waals surface area contributed by atoms with E-state index in [-0.39, 0.29) is 18.6 Å². The molecule has 1 heterocycles. The van der Waals surface area contributed by atoms with Gasteiger partial charge in [-0.1, -0.05) is 30.3 Å². The van der Waals surface area contributed by atoms with E-state index in [2.05, 4.69) is 18.2 Å². The van der Waals surface area contributed by atoms with Gasteiger partial charge in [-0.05, 0) is 72.5 Å². The van der Waals surface area contributed by atoms with Crippen LogP contribution in [0.4, 0.5) is 5.69 Å². The van der Waals surface area contributed by atoms with E-state index in [0.29, 0.717) is 21.7 Å². The molecule has 2 aliphatic rings. The van der Waals surface area contributed by atoms with Gasteiger partial charge in [0, 0.05) is 13.1 Å². The largest absolute Gasteiger partial charge is 0.484 e. The lowest BCUT2D eigenvalue weighted by molar-refractivity contribution is -0.136. The Kier molecular flexibility index (Phi) is 5.88. The van der Waals surface area contributed by atoms with Gasteiger partial charge in [-0.3, -0.25) is 9.10 Å². The summed E-state index contributed by atoms with van der Waals surface area (Å²) in [6.07, 6.45) is 4.05. The Morgan fingerprint density at radius 2 is 1.79 bits per heavy atom. The Labute approximate surface area is 198 Å². The van der Waals surface area contributed by atoms with Gasteiger partial charge in [-0.15, -0.1) is 11.3 Å².